The Morgan fingerprint density at radius 2 is 2.24 bits per heavy atom. The number of hydrogen-bond donors (Lipinski definition) is 2. The maximum absolute atomic E-state index is 11.0. The first kappa shape index (κ1) is 14.5. The lowest BCUT2D eigenvalue weighted by molar-refractivity contribution is -0.139. The summed E-state index contributed by atoms with van der Waals surface area (Å²) < 4.78 is 0. The van der Waals surface area contributed by atoms with Crippen LogP contribution in [0.25, 0.3) is 0 Å². The van der Waals surface area contributed by atoms with Crippen LogP contribution in [0.15, 0.2) is 0 Å². The van der Waals surface area contributed by atoms with Gasteiger partial charge in [-0.2, -0.15) is 0 Å². The normalized spacial score (nSPS) is 23.5. The molecular formula is C13H26N2O2. The summed E-state index contributed by atoms with van der Waals surface area (Å²) >= 11 is 0. The molecule has 1 rings (SSSR count). The Kier molecular flexibility index (Phi) is 6.52. The van der Waals surface area contributed by atoms with E-state index in [9.17, 15) is 4.79 Å². The van der Waals surface area contributed by atoms with Crippen LogP contribution in [0.1, 0.15) is 46.0 Å². The lowest BCUT2D eigenvalue weighted by Crippen LogP contribution is -2.44. The molecule has 0 saturated carbocycles. The smallest absolute Gasteiger partial charge is 0.320 e. The predicted molar refractivity (Wildman–Crippen MR) is 69.2 cm³/mol. The lowest BCUT2D eigenvalue weighted by Gasteiger charge is -2.35. The van der Waals surface area contributed by atoms with Crippen LogP contribution >= 0.6 is 0 Å². The van der Waals surface area contributed by atoms with E-state index in [2.05, 4.69) is 17.1 Å². The van der Waals surface area contributed by atoms with E-state index in [1.54, 1.807) is 0 Å². The van der Waals surface area contributed by atoms with E-state index in [1.807, 2.05) is 6.92 Å². The molecule has 0 aromatic carbocycles. The van der Waals surface area contributed by atoms with Gasteiger partial charge in [-0.05, 0) is 38.8 Å². The van der Waals surface area contributed by atoms with Gasteiger partial charge in [0.05, 0.1) is 0 Å². The zero-order valence-corrected chi connectivity index (χ0v) is 11.1. The Morgan fingerprint density at radius 3 is 2.82 bits per heavy atom. The molecule has 1 saturated heterocycles. The molecule has 1 heterocycles. The van der Waals surface area contributed by atoms with Gasteiger partial charge >= 0.3 is 5.97 Å². The maximum atomic E-state index is 11.0. The van der Waals surface area contributed by atoms with Crippen LogP contribution in [0.4, 0.5) is 0 Å². The summed E-state index contributed by atoms with van der Waals surface area (Å²) in [6, 6.07) is 0.277. The zero-order valence-electron chi connectivity index (χ0n) is 11.1. The molecule has 2 unspecified atom stereocenters. The molecule has 1 aliphatic rings. The van der Waals surface area contributed by atoms with Crippen molar-refractivity contribution in [1.82, 2.24) is 10.2 Å². The highest BCUT2D eigenvalue weighted by molar-refractivity contribution is 5.73. The molecule has 0 aromatic rings. The number of carbonyl (C=O) groups is 1. The largest absolute Gasteiger partial charge is 0.480 e. The van der Waals surface area contributed by atoms with Crippen molar-refractivity contribution in [2.75, 3.05) is 19.6 Å². The van der Waals surface area contributed by atoms with Gasteiger partial charge in [0.1, 0.15) is 6.04 Å². The zero-order chi connectivity index (χ0) is 12.7. The third kappa shape index (κ3) is 4.64. The number of carboxylic acid groups (broad SMARTS) is 1. The minimum absolute atomic E-state index is 0.389. The second kappa shape index (κ2) is 7.67. The van der Waals surface area contributed by atoms with Crippen LogP contribution < -0.4 is 5.32 Å². The van der Waals surface area contributed by atoms with Crippen molar-refractivity contribution in [1.29, 1.82) is 0 Å². The molecule has 4 nitrogen and oxygen atoms in total. The molecule has 4 heteroatoms. The second-order valence-electron chi connectivity index (χ2n) is 4.83. The predicted octanol–water partition coefficient (Wildman–Crippen LogP) is 1.70. The molecule has 2 N–H and O–H groups in total. The van der Waals surface area contributed by atoms with Crippen LogP contribution in [-0.2, 0) is 4.79 Å². The number of hydrogen-bond acceptors (Lipinski definition) is 3. The van der Waals surface area contributed by atoms with E-state index < -0.39 is 5.97 Å². The minimum Gasteiger partial charge on any atom is -0.480 e. The Balaban J connectivity index is 2.38. The minimum atomic E-state index is -0.725. The average molecular weight is 242 g/mol. The van der Waals surface area contributed by atoms with Gasteiger partial charge in [0.15, 0.2) is 0 Å². The average Bonchev–Trinajstić information content (AvgIpc) is 2.34. The SMILES string of the molecule is CCNC(CCN1CCCCC1CC)C(=O)O. The first-order valence-corrected chi connectivity index (χ1v) is 6.89. The third-order valence-electron chi connectivity index (χ3n) is 3.67. The summed E-state index contributed by atoms with van der Waals surface area (Å²) in [6.45, 7) is 6.93. The lowest BCUT2D eigenvalue weighted by atomic mass is 9.99. The summed E-state index contributed by atoms with van der Waals surface area (Å²) in [5.74, 6) is -0.725. The summed E-state index contributed by atoms with van der Waals surface area (Å²) in [7, 11) is 0. The molecule has 1 fully saturated rings. The van der Waals surface area contributed by atoms with Gasteiger partial charge in [0.25, 0.3) is 0 Å². The standard InChI is InChI=1S/C13H26N2O2/c1-3-11-7-5-6-9-15(11)10-8-12(13(16)17)14-4-2/h11-12,14H,3-10H2,1-2H3,(H,16,17). The van der Waals surface area contributed by atoms with E-state index >= 15 is 0 Å². The Hall–Kier alpha value is -0.610. The number of likely N-dealkylation sites (N-methyl/N-ethyl adjacent to an activating group) is 1. The van der Waals surface area contributed by atoms with Gasteiger partial charge in [-0.15, -0.1) is 0 Å². The molecular weight excluding hydrogens is 216 g/mol. The molecule has 100 valence electrons. The second-order valence-corrected chi connectivity index (χ2v) is 4.83. The van der Waals surface area contributed by atoms with Crippen molar-refractivity contribution >= 4 is 5.97 Å². The van der Waals surface area contributed by atoms with Crippen LogP contribution in [0.5, 0.6) is 0 Å². The molecule has 0 bridgehead atoms. The molecule has 17 heavy (non-hydrogen) atoms. The fourth-order valence-electron chi connectivity index (χ4n) is 2.67. The monoisotopic (exact) mass is 242 g/mol. The van der Waals surface area contributed by atoms with Gasteiger partial charge in [-0.3, -0.25) is 4.79 Å². The van der Waals surface area contributed by atoms with Crippen molar-refractivity contribution in [2.45, 2.75) is 58.0 Å². The Morgan fingerprint density at radius 1 is 1.47 bits per heavy atom. The van der Waals surface area contributed by atoms with Gasteiger partial charge in [0.2, 0.25) is 0 Å². The number of likely N-dealkylation sites (tertiary alicyclic amines) is 1. The first-order valence-electron chi connectivity index (χ1n) is 6.89. The van der Waals surface area contributed by atoms with E-state index in [4.69, 9.17) is 5.11 Å². The van der Waals surface area contributed by atoms with Gasteiger partial charge in [0, 0.05) is 12.6 Å². The molecule has 0 radical (unpaired) electrons. The van der Waals surface area contributed by atoms with E-state index in [-0.39, 0.29) is 6.04 Å². The molecule has 0 aromatic heterocycles. The molecule has 1 aliphatic heterocycles. The van der Waals surface area contributed by atoms with Crippen molar-refractivity contribution in [3.8, 4) is 0 Å². The molecule has 2 atom stereocenters. The van der Waals surface area contributed by atoms with E-state index in [0.717, 1.165) is 13.1 Å². The topological polar surface area (TPSA) is 52.6 Å². The highest BCUT2D eigenvalue weighted by Gasteiger charge is 2.23. The molecule has 0 aliphatic carbocycles. The maximum Gasteiger partial charge on any atom is 0.320 e. The van der Waals surface area contributed by atoms with Crippen molar-refractivity contribution in [3.05, 3.63) is 0 Å². The van der Waals surface area contributed by atoms with E-state index in [1.165, 1.54) is 25.7 Å². The summed E-state index contributed by atoms with van der Waals surface area (Å²) in [6.07, 6.45) is 5.74. The highest BCUT2D eigenvalue weighted by Crippen LogP contribution is 2.19. The summed E-state index contributed by atoms with van der Waals surface area (Å²) in [5, 5.41) is 12.1. The van der Waals surface area contributed by atoms with E-state index in [0.29, 0.717) is 19.0 Å². The summed E-state index contributed by atoms with van der Waals surface area (Å²) in [4.78, 5) is 13.5. The molecule has 0 spiro atoms. The number of piperidine rings is 1. The van der Waals surface area contributed by atoms with Crippen LogP contribution in [0.3, 0.4) is 0 Å². The Labute approximate surface area is 104 Å². The third-order valence-corrected chi connectivity index (χ3v) is 3.67. The number of aliphatic carboxylic acids is 1. The first-order chi connectivity index (χ1) is 8.19. The quantitative estimate of drug-likeness (QED) is 0.713. The van der Waals surface area contributed by atoms with Crippen molar-refractivity contribution in [3.63, 3.8) is 0 Å². The Bertz CT molecular complexity index is 233. The number of carboxylic acids is 1. The number of nitrogens with one attached hydrogen (secondary N) is 1. The number of nitrogens with zero attached hydrogens (tertiary/aromatic N) is 1. The van der Waals surface area contributed by atoms with Gasteiger partial charge in [-0.25, -0.2) is 0 Å². The molecule has 0 amide bonds. The van der Waals surface area contributed by atoms with Crippen LogP contribution in [0, 0.1) is 0 Å². The van der Waals surface area contributed by atoms with Crippen LogP contribution in [-0.4, -0.2) is 47.7 Å². The fourth-order valence-corrected chi connectivity index (χ4v) is 2.67. The van der Waals surface area contributed by atoms with Gasteiger partial charge in [-0.1, -0.05) is 20.3 Å². The fraction of sp³-hybridized carbons (Fsp3) is 0.923. The summed E-state index contributed by atoms with van der Waals surface area (Å²) in [5.41, 5.74) is 0. The van der Waals surface area contributed by atoms with Crippen molar-refractivity contribution < 1.29 is 9.90 Å². The number of rotatable bonds is 7. The van der Waals surface area contributed by atoms with Crippen molar-refractivity contribution in [2.24, 2.45) is 0 Å². The highest BCUT2D eigenvalue weighted by atomic mass is 16.4. The van der Waals surface area contributed by atoms with Crippen LogP contribution in [0.2, 0.25) is 0 Å². The van der Waals surface area contributed by atoms with Gasteiger partial charge < -0.3 is 15.3 Å².